The molecule has 0 atom stereocenters. The van der Waals surface area contributed by atoms with E-state index in [0.29, 0.717) is 11.5 Å². The van der Waals surface area contributed by atoms with Crippen LogP contribution in [0.15, 0.2) is 24.5 Å². The monoisotopic (exact) mass is 188 g/mol. The average Bonchev–Trinajstić information content (AvgIpc) is 2.59. The van der Waals surface area contributed by atoms with E-state index in [1.54, 1.807) is 6.07 Å². The van der Waals surface area contributed by atoms with Gasteiger partial charge in [0.15, 0.2) is 6.29 Å². The van der Waals surface area contributed by atoms with Crippen LogP contribution in [0.3, 0.4) is 0 Å². The minimum atomic E-state index is 0.361. The molecular formula is C11H12N2O. The topological polar surface area (TPSA) is 34.4 Å². The molecule has 2 rings (SSSR count). The van der Waals surface area contributed by atoms with Crippen molar-refractivity contribution in [1.29, 1.82) is 0 Å². The zero-order chi connectivity index (χ0) is 10.1. The summed E-state index contributed by atoms with van der Waals surface area (Å²) in [5.41, 5.74) is 1.71. The Labute approximate surface area is 82.4 Å². The van der Waals surface area contributed by atoms with Gasteiger partial charge in [-0.15, -0.1) is 0 Å². The van der Waals surface area contributed by atoms with E-state index in [-0.39, 0.29) is 0 Å². The fourth-order valence-electron chi connectivity index (χ4n) is 1.52. The number of imidazole rings is 1. The van der Waals surface area contributed by atoms with Crippen LogP contribution in [-0.4, -0.2) is 15.7 Å². The zero-order valence-corrected chi connectivity index (χ0v) is 8.27. The van der Waals surface area contributed by atoms with E-state index in [2.05, 4.69) is 18.8 Å². The van der Waals surface area contributed by atoms with Crippen LogP contribution in [0.5, 0.6) is 0 Å². The van der Waals surface area contributed by atoms with Crippen molar-refractivity contribution in [3.8, 4) is 0 Å². The highest BCUT2D eigenvalue weighted by molar-refractivity contribution is 5.75. The number of fused-ring (bicyclic) bond motifs is 1. The summed E-state index contributed by atoms with van der Waals surface area (Å²) >= 11 is 0. The summed E-state index contributed by atoms with van der Waals surface area (Å²) < 4.78 is 1.97. The van der Waals surface area contributed by atoms with Crippen molar-refractivity contribution in [3.05, 3.63) is 35.9 Å². The molecule has 3 heteroatoms. The van der Waals surface area contributed by atoms with Crippen molar-refractivity contribution in [2.24, 2.45) is 0 Å². The summed E-state index contributed by atoms with van der Waals surface area (Å²) in [6.45, 7) is 4.17. The molecule has 2 aromatic rings. The van der Waals surface area contributed by atoms with Gasteiger partial charge < -0.3 is 4.40 Å². The summed E-state index contributed by atoms with van der Waals surface area (Å²) in [7, 11) is 0. The predicted octanol–water partition coefficient (Wildman–Crippen LogP) is 2.27. The lowest BCUT2D eigenvalue weighted by Gasteiger charge is -2.04. The van der Waals surface area contributed by atoms with Gasteiger partial charge in [-0.3, -0.25) is 4.79 Å². The van der Waals surface area contributed by atoms with Crippen LogP contribution in [0, 0.1) is 0 Å². The second kappa shape index (κ2) is 3.25. The lowest BCUT2D eigenvalue weighted by atomic mass is 10.2. The molecule has 0 spiro atoms. The third-order valence-corrected chi connectivity index (χ3v) is 2.23. The Balaban J connectivity index is 2.69. The maximum Gasteiger partial charge on any atom is 0.151 e. The average molecular weight is 188 g/mol. The third kappa shape index (κ3) is 1.31. The smallest absolute Gasteiger partial charge is 0.151 e. The van der Waals surface area contributed by atoms with Gasteiger partial charge in [-0.05, 0) is 12.1 Å². The first-order valence-corrected chi connectivity index (χ1v) is 4.64. The van der Waals surface area contributed by atoms with Crippen LogP contribution in [0.1, 0.15) is 35.9 Å². The molecule has 0 saturated carbocycles. The van der Waals surface area contributed by atoms with Gasteiger partial charge in [-0.25, -0.2) is 4.98 Å². The minimum absolute atomic E-state index is 0.361. The Morgan fingerprint density at radius 2 is 2.21 bits per heavy atom. The molecular weight excluding hydrogens is 176 g/mol. The quantitative estimate of drug-likeness (QED) is 0.677. The van der Waals surface area contributed by atoms with Gasteiger partial charge in [-0.1, -0.05) is 13.8 Å². The molecule has 0 N–H and O–H groups in total. The summed E-state index contributed by atoms with van der Waals surface area (Å²) in [5, 5.41) is 0. The largest absolute Gasteiger partial charge is 0.303 e. The Kier molecular flexibility index (Phi) is 2.08. The lowest BCUT2D eigenvalue weighted by Crippen LogP contribution is -1.97. The second-order valence-electron chi connectivity index (χ2n) is 3.65. The third-order valence-electron chi connectivity index (χ3n) is 2.23. The number of hydrogen-bond acceptors (Lipinski definition) is 2. The molecule has 3 nitrogen and oxygen atoms in total. The number of aldehydes is 1. The Morgan fingerprint density at radius 3 is 2.86 bits per heavy atom. The van der Waals surface area contributed by atoms with Crippen molar-refractivity contribution in [2.75, 3.05) is 0 Å². The van der Waals surface area contributed by atoms with E-state index in [9.17, 15) is 4.79 Å². The predicted molar refractivity (Wildman–Crippen MR) is 54.7 cm³/mol. The molecule has 14 heavy (non-hydrogen) atoms. The minimum Gasteiger partial charge on any atom is -0.303 e. The molecule has 0 aliphatic carbocycles. The van der Waals surface area contributed by atoms with Crippen LogP contribution in [0.4, 0.5) is 0 Å². The van der Waals surface area contributed by atoms with E-state index in [1.165, 1.54) is 0 Å². The van der Waals surface area contributed by atoms with E-state index >= 15 is 0 Å². The van der Waals surface area contributed by atoms with E-state index in [4.69, 9.17) is 0 Å². The standard InChI is InChI=1S/C11H12N2O/c1-8(2)11-12-5-10-4-3-9(7-14)6-13(10)11/h3-8H,1-2H3. The fraction of sp³-hybridized carbons (Fsp3) is 0.273. The Bertz CT molecular complexity index is 471. The normalized spacial score (nSPS) is 11.1. The molecule has 72 valence electrons. The Morgan fingerprint density at radius 1 is 1.43 bits per heavy atom. The SMILES string of the molecule is CC(C)c1ncc2ccc(C=O)cn12. The Hall–Kier alpha value is -1.64. The molecule has 0 aliphatic rings. The maximum atomic E-state index is 10.6. The molecule has 0 amide bonds. The highest BCUT2D eigenvalue weighted by atomic mass is 16.1. The summed E-state index contributed by atoms with van der Waals surface area (Å²) in [4.78, 5) is 14.9. The van der Waals surface area contributed by atoms with Crippen LogP contribution in [0.2, 0.25) is 0 Å². The molecule has 0 bridgehead atoms. The van der Waals surface area contributed by atoms with E-state index < -0.39 is 0 Å². The van der Waals surface area contributed by atoms with Crippen molar-refractivity contribution < 1.29 is 4.79 Å². The van der Waals surface area contributed by atoms with Crippen molar-refractivity contribution in [2.45, 2.75) is 19.8 Å². The highest BCUT2D eigenvalue weighted by Gasteiger charge is 2.07. The van der Waals surface area contributed by atoms with E-state index in [0.717, 1.165) is 17.6 Å². The summed E-state index contributed by atoms with van der Waals surface area (Å²) in [5.74, 6) is 1.35. The number of hydrogen-bond donors (Lipinski definition) is 0. The number of rotatable bonds is 2. The summed E-state index contributed by atoms with van der Waals surface area (Å²) in [6.07, 6.45) is 4.50. The van der Waals surface area contributed by atoms with Gasteiger partial charge in [0.25, 0.3) is 0 Å². The van der Waals surface area contributed by atoms with Crippen molar-refractivity contribution in [3.63, 3.8) is 0 Å². The van der Waals surface area contributed by atoms with Gasteiger partial charge in [0.1, 0.15) is 5.82 Å². The van der Waals surface area contributed by atoms with Gasteiger partial charge in [0.2, 0.25) is 0 Å². The first kappa shape index (κ1) is 8.94. The number of nitrogens with zero attached hydrogens (tertiary/aromatic N) is 2. The van der Waals surface area contributed by atoms with Crippen LogP contribution in [0.25, 0.3) is 5.52 Å². The van der Waals surface area contributed by atoms with Crippen molar-refractivity contribution in [1.82, 2.24) is 9.38 Å². The first-order chi connectivity index (χ1) is 6.72. The van der Waals surface area contributed by atoms with Gasteiger partial charge >= 0.3 is 0 Å². The molecule has 0 aromatic carbocycles. The first-order valence-electron chi connectivity index (χ1n) is 4.64. The van der Waals surface area contributed by atoms with E-state index in [1.807, 2.05) is 22.9 Å². The number of aromatic nitrogens is 2. The highest BCUT2D eigenvalue weighted by Crippen LogP contribution is 2.15. The number of pyridine rings is 1. The van der Waals surface area contributed by atoms with Crippen LogP contribution >= 0.6 is 0 Å². The van der Waals surface area contributed by atoms with Gasteiger partial charge in [0, 0.05) is 17.7 Å². The fourth-order valence-corrected chi connectivity index (χ4v) is 1.52. The van der Waals surface area contributed by atoms with Gasteiger partial charge in [0.05, 0.1) is 11.7 Å². The van der Waals surface area contributed by atoms with Crippen molar-refractivity contribution >= 4 is 11.8 Å². The molecule has 0 aliphatic heterocycles. The van der Waals surface area contributed by atoms with Crippen LogP contribution < -0.4 is 0 Å². The second-order valence-corrected chi connectivity index (χ2v) is 3.65. The zero-order valence-electron chi connectivity index (χ0n) is 8.27. The summed E-state index contributed by atoms with van der Waals surface area (Å²) in [6, 6.07) is 3.71. The molecule has 0 saturated heterocycles. The molecule has 0 fully saturated rings. The van der Waals surface area contributed by atoms with Crippen LogP contribution in [-0.2, 0) is 0 Å². The van der Waals surface area contributed by atoms with Gasteiger partial charge in [-0.2, -0.15) is 0 Å². The number of carbonyl (C=O) groups is 1. The molecule has 2 heterocycles. The molecule has 0 unspecified atom stereocenters. The molecule has 0 radical (unpaired) electrons. The lowest BCUT2D eigenvalue weighted by molar-refractivity contribution is 0.112. The molecule has 2 aromatic heterocycles. The maximum absolute atomic E-state index is 10.6. The number of carbonyl (C=O) groups excluding carboxylic acids is 1.